The molecule has 104 valence electrons. The number of aromatic nitrogens is 2. The van der Waals surface area contributed by atoms with Gasteiger partial charge in [0.2, 0.25) is 0 Å². The van der Waals surface area contributed by atoms with Crippen LogP contribution in [-0.2, 0) is 0 Å². The van der Waals surface area contributed by atoms with Gasteiger partial charge in [-0.2, -0.15) is 0 Å². The van der Waals surface area contributed by atoms with Crippen LogP contribution in [0.5, 0.6) is 0 Å². The first-order chi connectivity index (χ1) is 9.15. The Morgan fingerprint density at radius 1 is 1.26 bits per heavy atom. The van der Waals surface area contributed by atoms with Crippen molar-refractivity contribution >= 4 is 27.0 Å². The molecule has 19 heavy (non-hydrogen) atoms. The van der Waals surface area contributed by atoms with Gasteiger partial charge in [-0.1, -0.05) is 42.1 Å². The molecule has 5 heteroatoms. The molecule has 3 N–H and O–H groups in total. The van der Waals surface area contributed by atoms with E-state index in [4.69, 9.17) is 0 Å². The summed E-state index contributed by atoms with van der Waals surface area (Å²) in [6.07, 6.45) is 4.78. The molecule has 0 spiro atoms. The number of benzene rings is 1. The molecule has 1 aromatic heterocycles. The minimum absolute atomic E-state index is 0.161. The van der Waals surface area contributed by atoms with Gasteiger partial charge in [0.1, 0.15) is 0 Å². The lowest BCUT2D eigenvalue weighted by Crippen LogP contribution is -2.16. The summed E-state index contributed by atoms with van der Waals surface area (Å²) in [5.41, 5.74) is 2.73. The van der Waals surface area contributed by atoms with E-state index in [-0.39, 0.29) is 5.69 Å². The Balaban J connectivity index is 2.30. The van der Waals surface area contributed by atoms with E-state index in [9.17, 15) is 4.79 Å². The predicted octanol–water partition coefficient (Wildman–Crippen LogP) is 3.46. The second-order valence-corrected chi connectivity index (χ2v) is 5.69. The summed E-state index contributed by atoms with van der Waals surface area (Å²) in [6, 6.07) is 4.32. The second kappa shape index (κ2) is 6.39. The molecule has 0 radical (unpaired) electrons. The molecule has 0 aliphatic rings. The average molecular weight is 326 g/mol. The van der Waals surface area contributed by atoms with Crippen molar-refractivity contribution in [1.29, 1.82) is 0 Å². The van der Waals surface area contributed by atoms with Gasteiger partial charge in [0.15, 0.2) is 0 Å². The van der Waals surface area contributed by atoms with Crippen molar-refractivity contribution in [3.63, 3.8) is 0 Å². The molecule has 4 nitrogen and oxygen atoms in total. The second-order valence-electron chi connectivity index (χ2n) is 4.84. The molecular weight excluding hydrogens is 306 g/mol. The normalized spacial score (nSPS) is 13.0. The molecule has 1 heterocycles. The first-order valence-corrected chi connectivity index (χ1v) is 7.53. The van der Waals surface area contributed by atoms with E-state index in [1.807, 2.05) is 19.2 Å². The van der Waals surface area contributed by atoms with Gasteiger partial charge >= 0.3 is 5.69 Å². The van der Waals surface area contributed by atoms with Gasteiger partial charge in [0.05, 0.1) is 11.0 Å². The number of imidazole rings is 1. The number of halogens is 1. The van der Waals surface area contributed by atoms with Crippen molar-refractivity contribution in [3.05, 3.63) is 32.7 Å². The van der Waals surface area contributed by atoms with Gasteiger partial charge in [-0.15, -0.1) is 0 Å². The van der Waals surface area contributed by atoms with Crippen LogP contribution in [0.25, 0.3) is 11.0 Å². The summed E-state index contributed by atoms with van der Waals surface area (Å²) in [7, 11) is 1.98. The average Bonchev–Trinajstić information content (AvgIpc) is 2.73. The number of rotatable bonds is 6. The van der Waals surface area contributed by atoms with Crippen molar-refractivity contribution in [2.45, 2.75) is 38.6 Å². The lowest BCUT2D eigenvalue weighted by Gasteiger charge is -2.18. The van der Waals surface area contributed by atoms with Gasteiger partial charge in [-0.3, -0.25) is 0 Å². The van der Waals surface area contributed by atoms with E-state index in [2.05, 4.69) is 38.1 Å². The van der Waals surface area contributed by atoms with Crippen LogP contribution in [0.15, 0.2) is 21.4 Å². The minimum Gasteiger partial charge on any atom is -0.313 e. The van der Waals surface area contributed by atoms with E-state index in [0.29, 0.717) is 6.04 Å². The molecule has 0 bridgehead atoms. The third kappa shape index (κ3) is 3.28. The molecular formula is C14H20BrN3O. The zero-order valence-electron chi connectivity index (χ0n) is 11.3. The molecule has 1 aromatic carbocycles. The highest BCUT2D eigenvalue weighted by Crippen LogP contribution is 2.29. The van der Waals surface area contributed by atoms with Crippen LogP contribution in [-0.4, -0.2) is 17.0 Å². The maximum atomic E-state index is 11.3. The highest BCUT2D eigenvalue weighted by atomic mass is 79.9. The minimum atomic E-state index is -0.161. The van der Waals surface area contributed by atoms with Crippen LogP contribution in [0.3, 0.4) is 0 Å². The van der Waals surface area contributed by atoms with Crippen molar-refractivity contribution < 1.29 is 0 Å². The molecule has 2 aromatic rings. The van der Waals surface area contributed by atoms with Gasteiger partial charge in [-0.05, 0) is 31.2 Å². The zero-order valence-corrected chi connectivity index (χ0v) is 12.9. The van der Waals surface area contributed by atoms with Crippen LogP contribution < -0.4 is 11.0 Å². The van der Waals surface area contributed by atoms with Crippen molar-refractivity contribution in [2.24, 2.45) is 0 Å². The maximum Gasteiger partial charge on any atom is 0.323 e. The molecule has 1 atom stereocenters. The number of H-pyrrole nitrogens is 2. The summed E-state index contributed by atoms with van der Waals surface area (Å²) in [5.74, 6) is 0. The Hall–Kier alpha value is -1.07. The molecule has 0 aliphatic carbocycles. The summed E-state index contributed by atoms with van der Waals surface area (Å²) in [5, 5.41) is 3.36. The molecule has 2 rings (SSSR count). The molecule has 0 saturated carbocycles. The summed E-state index contributed by atoms with van der Waals surface area (Å²) in [4.78, 5) is 16.9. The summed E-state index contributed by atoms with van der Waals surface area (Å²) in [6.45, 7) is 2.21. The van der Waals surface area contributed by atoms with Gasteiger partial charge < -0.3 is 15.3 Å². The maximum absolute atomic E-state index is 11.3. The Morgan fingerprint density at radius 2 is 1.95 bits per heavy atom. The Morgan fingerprint density at radius 3 is 2.58 bits per heavy atom. The zero-order chi connectivity index (χ0) is 13.8. The van der Waals surface area contributed by atoms with Gasteiger partial charge in [-0.25, -0.2) is 4.79 Å². The summed E-state index contributed by atoms with van der Waals surface area (Å²) >= 11 is 3.60. The van der Waals surface area contributed by atoms with Gasteiger partial charge in [0, 0.05) is 10.5 Å². The molecule has 0 saturated heterocycles. The van der Waals surface area contributed by atoms with Crippen molar-refractivity contribution in [3.8, 4) is 0 Å². The van der Waals surface area contributed by atoms with Crippen LogP contribution in [0.2, 0.25) is 0 Å². The van der Waals surface area contributed by atoms with E-state index in [1.165, 1.54) is 24.8 Å². The number of hydrogen-bond donors (Lipinski definition) is 3. The third-order valence-corrected chi connectivity index (χ3v) is 4.14. The quantitative estimate of drug-likeness (QED) is 0.712. The number of nitrogens with one attached hydrogen (secondary N) is 3. The Kier molecular flexibility index (Phi) is 4.82. The standard InChI is InChI=1S/C14H20BrN3O/c1-3-4-5-6-11(16-2)9-7-12-13(8-10(9)15)18-14(19)17-12/h7-8,11,16H,3-6H2,1-2H3,(H2,17,18,19). The highest BCUT2D eigenvalue weighted by Gasteiger charge is 2.14. The van der Waals surface area contributed by atoms with E-state index >= 15 is 0 Å². The number of unbranched alkanes of at least 4 members (excludes halogenated alkanes) is 2. The van der Waals surface area contributed by atoms with E-state index in [1.54, 1.807) is 0 Å². The van der Waals surface area contributed by atoms with Crippen LogP contribution >= 0.6 is 15.9 Å². The number of fused-ring (bicyclic) bond motifs is 1. The van der Waals surface area contributed by atoms with E-state index < -0.39 is 0 Å². The topological polar surface area (TPSA) is 60.7 Å². The number of hydrogen-bond acceptors (Lipinski definition) is 2. The molecule has 0 fully saturated rings. The van der Waals surface area contributed by atoms with E-state index in [0.717, 1.165) is 21.9 Å². The smallest absolute Gasteiger partial charge is 0.313 e. The molecule has 0 aliphatic heterocycles. The molecule has 0 amide bonds. The fourth-order valence-electron chi connectivity index (χ4n) is 2.39. The largest absolute Gasteiger partial charge is 0.323 e. The monoisotopic (exact) mass is 325 g/mol. The van der Waals surface area contributed by atoms with Crippen LogP contribution in [0.1, 0.15) is 44.2 Å². The Bertz CT molecular complexity index is 602. The lowest BCUT2D eigenvalue weighted by atomic mass is 10.00. The van der Waals surface area contributed by atoms with Gasteiger partial charge in [0.25, 0.3) is 0 Å². The summed E-state index contributed by atoms with van der Waals surface area (Å²) < 4.78 is 1.03. The molecule has 1 unspecified atom stereocenters. The predicted molar refractivity (Wildman–Crippen MR) is 82.6 cm³/mol. The fraction of sp³-hybridized carbons (Fsp3) is 0.500. The third-order valence-electron chi connectivity index (χ3n) is 3.45. The Labute approximate surface area is 121 Å². The fourth-order valence-corrected chi connectivity index (χ4v) is 3.01. The van der Waals surface area contributed by atoms with Crippen LogP contribution in [0, 0.1) is 0 Å². The highest BCUT2D eigenvalue weighted by molar-refractivity contribution is 9.10. The first-order valence-electron chi connectivity index (χ1n) is 6.74. The van der Waals surface area contributed by atoms with Crippen molar-refractivity contribution in [2.75, 3.05) is 7.05 Å². The first kappa shape index (κ1) is 14.3. The lowest BCUT2D eigenvalue weighted by molar-refractivity contribution is 0.511. The van der Waals surface area contributed by atoms with Crippen LogP contribution in [0.4, 0.5) is 0 Å². The number of aromatic amines is 2. The van der Waals surface area contributed by atoms with Crippen molar-refractivity contribution in [1.82, 2.24) is 15.3 Å². The SMILES string of the molecule is CCCCCC(NC)c1cc2[nH]c(=O)[nH]c2cc1Br.